The molecule has 0 aliphatic carbocycles. The summed E-state index contributed by atoms with van der Waals surface area (Å²) in [6, 6.07) is 12.9. The number of nitrogens with zero attached hydrogens (tertiary/aromatic N) is 2. The summed E-state index contributed by atoms with van der Waals surface area (Å²) < 4.78 is 31.8. The summed E-state index contributed by atoms with van der Waals surface area (Å²) in [6.45, 7) is 4.12. The molecule has 0 amide bonds. The molecular weight excluding hydrogens is 461 g/mol. The molecule has 1 fully saturated rings. The molecule has 0 saturated carbocycles. The predicted octanol–water partition coefficient (Wildman–Crippen LogP) is 4.17. The van der Waals surface area contributed by atoms with Crippen LogP contribution in [-0.4, -0.2) is 66.8 Å². The number of benzene rings is 2. The third kappa shape index (κ3) is 8.48. The molecule has 0 bridgehead atoms. The van der Waals surface area contributed by atoms with Crippen LogP contribution in [-0.2, 0) is 9.53 Å². The molecule has 0 aromatic heterocycles. The van der Waals surface area contributed by atoms with Crippen molar-refractivity contribution >= 4 is 30.8 Å². The number of aliphatic carboxylic acids is 1. The molecule has 1 saturated heterocycles. The van der Waals surface area contributed by atoms with E-state index >= 15 is 0 Å². The summed E-state index contributed by atoms with van der Waals surface area (Å²) in [4.78, 5) is 15.0. The molecule has 0 spiro atoms. The number of carbonyl (C=O) groups is 1. The largest absolute Gasteiger partial charge is 0.480 e. The van der Waals surface area contributed by atoms with Crippen molar-refractivity contribution in [3.8, 4) is 0 Å². The third-order valence-electron chi connectivity index (χ3n) is 5.11. The van der Waals surface area contributed by atoms with Gasteiger partial charge in [0.05, 0.1) is 12.6 Å². The highest BCUT2D eigenvalue weighted by atomic mass is 35.5. The van der Waals surface area contributed by atoms with Gasteiger partial charge in [0.1, 0.15) is 18.2 Å². The van der Waals surface area contributed by atoms with Crippen LogP contribution in [0, 0.1) is 11.6 Å². The predicted molar refractivity (Wildman–Crippen MR) is 125 cm³/mol. The maximum atomic E-state index is 13.4. The van der Waals surface area contributed by atoms with Gasteiger partial charge in [-0.3, -0.25) is 9.80 Å². The fraction of sp³-hybridized carbons (Fsp3) is 0.348. The first-order valence-corrected chi connectivity index (χ1v) is 9.95. The van der Waals surface area contributed by atoms with Gasteiger partial charge in [-0.2, -0.15) is 0 Å². The van der Waals surface area contributed by atoms with Crippen molar-refractivity contribution in [3.63, 3.8) is 0 Å². The van der Waals surface area contributed by atoms with Gasteiger partial charge in [0.15, 0.2) is 0 Å². The van der Waals surface area contributed by atoms with Gasteiger partial charge in [0.25, 0.3) is 0 Å². The molecule has 0 atom stereocenters. The molecule has 32 heavy (non-hydrogen) atoms. The number of ether oxygens (including phenoxy) is 1. The normalized spacial score (nSPS) is 14.8. The SMILES string of the molecule is Cl.Cl.O=C(O)COC/C=C\CN1CCN(C(c2ccc(F)cc2)c2ccc(F)cc2)CC1. The van der Waals surface area contributed by atoms with E-state index in [0.29, 0.717) is 0 Å². The number of halogens is 4. The van der Waals surface area contributed by atoms with E-state index in [0.717, 1.165) is 43.9 Å². The zero-order valence-electron chi connectivity index (χ0n) is 17.5. The average Bonchev–Trinajstić information content (AvgIpc) is 2.74. The smallest absolute Gasteiger partial charge is 0.329 e. The van der Waals surface area contributed by atoms with Crippen molar-refractivity contribution in [1.82, 2.24) is 9.80 Å². The minimum Gasteiger partial charge on any atom is -0.480 e. The second-order valence-corrected chi connectivity index (χ2v) is 7.22. The minimum atomic E-state index is -0.976. The monoisotopic (exact) mass is 488 g/mol. The van der Waals surface area contributed by atoms with Gasteiger partial charge in [-0.25, -0.2) is 13.6 Å². The van der Waals surface area contributed by atoms with Crippen LogP contribution in [0.3, 0.4) is 0 Å². The Morgan fingerprint density at radius 2 is 1.41 bits per heavy atom. The fourth-order valence-corrected chi connectivity index (χ4v) is 3.61. The molecule has 3 rings (SSSR count). The Hall–Kier alpha value is -2.03. The zero-order chi connectivity index (χ0) is 21.3. The summed E-state index contributed by atoms with van der Waals surface area (Å²) in [5.41, 5.74) is 1.96. The second kappa shape index (κ2) is 14.2. The van der Waals surface area contributed by atoms with Crippen LogP contribution in [0.2, 0.25) is 0 Å². The first-order valence-electron chi connectivity index (χ1n) is 9.95. The van der Waals surface area contributed by atoms with Crippen LogP contribution in [0.4, 0.5) is 8.78 Å². The van der Waals surface area contributed by atoms with Crippen LogP contribution in [0.25, 0.3) is 0 Å². The van der Waals surface area contributed by atoms with E-state index in [1.54, 1.807) is 24.3 Å². The fourth-order valence-electron chi connectivity index (χ4n) is 3.61. The first kappa shape index (κ1) is 28.0. The van der Waals surface area contributed by atoms with E-state index in [4.69, 9.17) is 9.84 Å². The second-order valence-electron chi connectivity index (χ2n) is 7.22. The van der Waals surface area contributed by atoms with Crippen molar-refractivity contribution in [3.05, 3.63) is 83.4 Å². The van der Waals surface area contributed by atoms with Gasteiger partial charge in [-0.15, -0.1) is 24.8 Å². The minimum absolute atomic E-state index is 0. The van der Waals surface area contributed by atoms with E-state index in [1.165, 1.54) is 24.3 Å². The number of piperazine rings is 1. The highest BCUT2D eigenvalue weighted by molar-refractivity contribution is 5.85. The molecule has 1 aliphatic heterocycles. The Kier molecular flexibility index (Phi) is 12.4. The van der Waals surface area contributed by atoms with Gasteiger partial charge in [-0.05, 0) is 35.4 Å². The van der Waals surface area contributed by atoms with Crippen LogP contribution in [0.5, 0.6) is 0 Å². The summed E-state index contributed by atoms with van der Waals surface area (Å²) in [5.74, 6) is -1.53. The lowest BCUT2D eigenvalue weighted by Gasteiger charge is -2.39. The molecule has 9 heteroatoms. The van der Waals surface area contributed by atoms with Crippen molar-refractivity contribution in [2.75, 3.05) is 45.9 Å². The Labute approximate surface area is 199 Å². The summed E-state index contributed by atoms with van der Waals surface area (Å²) in [6.07, 6.45) is 3.81. The van der Waals surface area contributed by atoms with Gasteiger partial charge >= 0.3 is 5.97 Å². The quantitative estimate of drug-likeness (QED) is 0.424. The maximum absolute atomic E-state index is 13.4. The lowest BCUT2D eigenvalue weighted by Crippen LogP contribution is -2.47. The van der Waals surface area contributed by atoms with E-state index in [9.17, 15) is 13.6 Å². The van der Waals surface area contributed by atoms with E-state index in [2.05, 4.69) is 9.80 Å². The molecule has 0 unspecified atom stereocenters. The van der Waals surface area contributed by atoms with E-state index < -0.39 is 5.97 Å². The number of carboxylic acid groups (broad SMARTS) is 1. The van der Waals surface area contributed by atoms with Crippen molar-refractivity contribution < 1.29 is 23.4 Å². The van der Waals surface area contributed by atoms with Crippen molar-refractivity contribution in [1.29, 1.82) is 0 Å². The zero-order valence-corrected chi connectivity index (χ0v) is 19.2. The van der Waals surface area contributed by atoms with Crippen LogP contribution >= 0.6 is 24.8 Å². The first-order chi connectivity index (χ1) is 14.5. The number of carboxylic acids is 1. The Morgan fingerprint density at radius 3 is 1.88 bits per heavy atom. The lowest BCUT2D eigenvalue weighted by atomic mass is 9.96. The summed E-state index contributed by atoms with van der Waals surface area (Å²) in [7, 11) is 0. The van der Waals surface area contributed by atoms with Crippen molar-refractivity contribution in [2.24, 2.45) is 0 Å². The van der Waals surface area contributed by atoms with Crippen LogP contribution in [0.1, 0.15) is 17.2 Å². The molecule has 1 aliphatic rings. The molecule has 176 valence electrons. The molecule has 1 heterocycles. The molecule has 2 aromatic carbocycles. The van der Waals surface area contributed by atoms with Gasteiger partial charge in [0.2, 0.25) is 0 Å². The Bertz CT molecular complexity index is 798. The summed E-state index contributed by atoms with van der Waals surface area (Å²) in [5, 5.41) is 8.54. The molecular formula is C23H28Cl2F2N2O3. The maximum Gasteiger partial charge on any atom is 0.329 e. The van der Waals surface area contributed by atoms with Gasteiger partial charge in [0, 0.05) is 32.7 Å². The number of hydrogen-bond acceptors (Lipinski definition) is 4. The van der Waals surface area contributed by atoms with Crippen LogP contribution < -0.4 is 0 Å². The average molecular weight is 489 g/mol. The molecule has 5 nitrogen and oxygen atoms in total. The van der Waals surface area contributed by atoms with E-state index in [-0.39, 0.29) is 55.7 Å². The summed E-state index contributed by atoms with van der Waals surface area (Å²) >= 11 is 0. The highest BCUT2D eigenvalue weighted by Gasteiger charge is 2.26. The third-order valence-corrected chi connectivity index (χ3v) is 5.11. The van der Waals surface area contributed by atoms with E-state index in [1.807, 2.05) is 12.2 Å². The molecule has 0 radical (unpaired) electrons. The molecule has 2 aromatic rings. The molecule has 1 N–H and O–H groups in total. The van der Waals surface area contributed by atoms with Crippen LogP contribution in [0.15, 0.2) is 60.7 Å². The topological polar surface area (TPSA) is 53.0 Å². The van der Waals surface area contributed by atoms with Gasteiger partial charge < -0.3 is 9.84 Å². The Morgan fingerprint density at radius 1 is 0.906 bits per heavy atom. The highest BCUT2D eigenvalue weighted by Crippen LogP contribution is 2.30. The standard InChI is InChI=1S/C23H26F2N2O3.2ClH/c24-20-7-3-18(4-8-20)23(19-5-9-21(25)10-6-19)27-14-12-26(13-15-27)11-1-2-16-30-17-22(28)29;;/h1-10,23H,11-17H2,(H,28,29);2*1H/b2-1-;;. The number of rotatable bonds is 9. The van der Waals surface area contributed by atoms with Crippen molar-refractivity contribution in [2.45, 2.75) is 6.04 Å². The van der Waals surface area contributed by atoms with Gasteiger partial charge in [-0.1, -0.05) is 36.4 Å². The number of hydrogen-bond donors (Lipinski definition) is 1. The lowest BCUT2D eigenvalue weighted by molar-refractivity contribution is -0.141. The Balaban J connectivity index is 0.00000256.